The molecule has 0 bridgehead atoms. The summed E-state index contributed by atoms with van der Waals surface area (Å²) in [5.74, 6) is -0.766. The maximum atomic E-state index is 13.2. The summed E-state index contributed by atoms with van der Waals surface area (Å²) in [6.45, 7) is 2.97. The molecule has 164 valence electrons. The minimum Gasteiger partial charge on any atom is -0.478 e. The molecule has 0 atom stereocenters. The van der Waals surface area contributed by atoms with Gasteiger partial charge in [-0.15, -0.1) is 0 Å². The Kier molecular flexibility index (Phi) is 5.48. The fraction of sp³-hybridized carbons (Fsp3) is 0.333. The molecule has 4 rings (SSSR count). The SMILES string of the molecule is CN1CCN(c2cc3nc(NCc4ccccc4C(F)(F)F)[nH]c3cc2C(=O)O)CC1. The van der Waals surface area contributed by atoms with Gasteiger partial charge >= 0.3 is 12.1 Å². The molecule has 2 aromatic carbocycles. The second-order valence-corrected chi connectivity index (χ2v) is 7.58. The minimum atomic E-state index is -4.44. The van der Waals surface area contributed by atoms with Gasteiger partial charge in [-0.2, -0.15) is 13.2 Å². The predicted molar refractivity (Wildman–Crippen MR) is 112 cm³/mol. The van der Waals surface area contributed by atoms with Crippen LogP contribution < -0.4 is 10.2 Å². The lowest BCUT2D eigenvalue weighted by Crippen LogP contribution is -2.45. The number of rotatable bonds is 5. The summed E-state index contributed by atoms with van der Waals surface area (Å²) in [5.41, 5.74) is 1.19. The summed E-state index contributed by atoms with van der Waals surface area (Å²) >= 11 is 0. The number of hydrogen-bond donors (Lipinski definition) is 3. The van der Waals surface area contributed by atoms with Crippen molar-refractivity contribution < 1.29 is 23.1 Å². The fourth-order valence-corrected chi connectivity index (χ4v) is 3.74. The molecule has 1 fully saturated rings. The summed E-state index contributed by atoms with van der Waals surface area (Å²) in [4.78, 5) is 23.4. The molecule has 3 aromatic rings. The number of fused-ring (bicyclic) bond motifs is 1. The van der Waals surface area contributed by atoms with Gasteiger partial charge in [0.05, 0.1) is 27.8 Å². The number of aromatic carboxylic acids is 1. The zero-order valence-electron chi connectivity index (χ0n) is 16.8. The van der Waals surface area contributed by atoms with Gasteiger partial charge in [0.15, 0.2) is 0 Å². The highest BCUT2D eigenvalue weighted by molar-refractivity contribution is 6.00. The lowest BCUT2D eigenvalue weighted by atomic mass is 10.1. The highest BCUT2D eigenvalue weighted by Gasteiger charge is 2.32. The van der Waals surface area contributed by atoms with Crippen LogP contribution in [0.15, 0.2) is 36.4 Å². The normalized spacial score (nSPS) is 15.4. The summed E-state index contributed by atoms with van der Waals surface area (Å²) in [5, 5.41) is 12.6. The first-order valence-corrected chi connectivity index (χ1v) is 9.82. The van der Waals surface area contributed by atoms with E-state index in [1.165, 1.54) is 18.2 Å². The molecule has 1 aliphatic rings. The Hall–Kier alpha value is -3.27. The number of imidazole rings is 1. The minimum absolute atomic E-state index is 0.0768. The maximum absolute atomic E-state index is 13.2. The maximum Gasteiger partial charge on any atom is 0.416 e. The Morgan fingerprint density at radius 3 is 2.58 bits per heavy atom. The molecule has 1 aromatic heterocycles. The monoisotopic (exact) mass is 433 g/mol. The van der Waals surface area contributed by atoms with Crippen LogP contribution in [0.3, 0.4) is 0 Å². The molecule has 3 N–H and O–H groups in total. The Labute approximate surface area is 176 Å². The first-order chi connectivity index (χ1) is 14.7. The van der Waals surface area contributed by atoms with Gasteiger partial charge in [-0.25, -0.2) is 9.78 Å². The molecule has 0 saturated carbocycles. The molecule has 0 amide bonds. The van der Waals surface area contributed by atoms with Crippen molar-refractivity contribution in [2.24, 2.45) is 0 Å². The summed E-state index contributed by atoms with van der Waals surface area (Å²) in [7, 11) is 2.02. The van der Waals surface area contributed by atoms with Crippen molar-refractivity contribution in [2.45, 2.75) is 12.7 Å². The van der Waals surface area contributed by atoms with Crippen LogP contribution in [0, 0.1) is 0 Å². The van der Waals surface area contributed by atoms with E-state index in [4.69, 9.17) is 0 Å². The summed E-state index contributed by atoms with van der Waals surface area (Å²) in [6.07, 6.45) is -4.44. The predicted octanol–water partition coefficient (Wildman–Crippen LogP) is 3.64. The average Bonchev–Trinajstić information content (AvgIpc) is 3.13. The van der Waals surface area contributed by atoms with E-state index in [2.05, 4.69) is 20.2 Å². The zero-order valence-corrected chi connectivity index (χ0v) is 16.8. The van der Waals surface area contributed by atoms with Crippen molar-refractivity contribution in [3.05, 3.63) is 53.1 Å². The van der Waals surface area contributed by atoms with E-state index in [0.29, 0.717) is 29.8 Å². The van der Waals surface area contributed by atoms with E-state index in [9.17, 15) is 23.1 Å². The van der Waals surface area contributed by atoms with E-state index in [1.54, 1.807) is 12.1 Å². The van der Waals surface area contributed by atoms with Gasteiger partial charge in [-0.05, 0) is 30.8 Å². The average molecular weight is 433 g/mol. The Morgan fingerprint density at radius 2 is 1.90 bits per heavy atom. The van der Waals surface area contributed by atoms with E-state index >= 15 is 0 Å². The number of carboxylic acids is 1. The van der Waals surface area contributed by atoms with Crippen LogP contribution in [-0.4, -0.2) is 59.2 Å². The van der Waals surface area contributed by atoms with Crippen molar-refractivity contribution in [2.75, 3.05) is 43.4 Å². The van der Waals surface area contributed by atoms with E-state index < -0.39 is 17.7 Å². The standard InChI is InChI=1S/C21H22F3N5O2/c1-28-6-8-29(9-7-28)18-11-17-16(10-14(18)19(30)31)26-20(27-17)25-12-13-4-2-3-5-15(13)21(22,23)24/h2-5,10-11H,6-9,12H2,1H3,(H,30,31)(H2,25,26,27). The molecular weight excluding hydrogens is 411 g/mol. The van der Waals surface area contributed by atoms with Crippen LogP contribution in [0.1, 0.15) is 21.5 Å². The second kappa shape index (κ2) is 8.10. The quantitative estimate of drug-likeness (QED) is 0.570. The van der Waals surface area contributed by atoms with Crippen molar-refractivity contribution >= 4 is 28.6 Å². The van der Waals surface area contributed by atoms with Gasteiger partial charge in [0.1, 0.15) is 0 Å². The van der Waals surface area contributed by atoms with Crippen molar-refractivity contribution in [3.63, 3.8) is 0 Å². The molecule has 2 heterocycles. The van der Waals surface area contributed by atoms with Crippen LogP contribution in [0.25, 0.3) is 11.0 Å². The Morgan fingerprint density at radius 1 is 1.19 bits per heavy atom. The topological polar surface area (TPSA) is 84.5 Å². The first-order valence-electron chi connectivity index (χ1n) is 9.82. The van der Waals surface area contributed by atoms with Crippen molar-refractivity contribution in [1.82, 2.24) is 14.9 Å². The van der Waals surface area contributed by atoms with Gasteiger partial charge in [-0.1, -0.05) is 18.2 Å². The summed E-state index contributed by atoms with van der Waals surface area (Å²) in [6, 6.07) is 8.58. The van der Waals surface area contributed by atoms with E-state index in [0.717, 1.165) is 19.2 Å². The third kappa shape index (κ3) is 4.43. The number of aromatic amines is 1. The van der Waals surface area contributed by atoms with Crippen molar-refractivity contribution in [1.29, 1.82) is 0 Å². The van der Waals surface area contributed by atoms with Gasteiger partial charge in [0.25, 0.3) is 0 Å². The number of hydrogen-bond acceptors (Lipinski definition) is 5. The molecule has 1 saturated heterocycles. The number of halogens is 3. The Balaban J connectivity index is 1.61. The number of H-pyrrole nitrogens is 1. The molecule has 10 heteroatoms. The van der Waals surface area contributed by atoms with Crippen molar-refractivity contribution in [3.8, 4) is 0 Å². The number of aromatic nitrogens is 2. The molecule has 0 aliphatic carbocycles. The van der Waals surface area contributed by atoms with Crippen LogP contribution in [0.4, 0.5) is 24.8 Å². The molecule has 0 spiro atoms. The van der Waals surface area contributed by atoms with Crippen LogP contribution in [0.5, 0.6) is 0 Å². The van der Waals surface area contributed by atoms with Gasteiger partial charge < -0.3 is 25.2 Å². The molecular formula is C21H22F3N5O2. The molecule has 1 aliphatic heterocycles. The van der Waals surface area contributed by atoms with Gasteiger partial charge in [0, 0.05) is 32.7 Å². The number of alkyl halides is 3. The van der Waals surface area contributed by atoms with E-state index in [1.807, 2.05) is 11.9 Å². The summed E-state index contributed by atoms with van der Waals surface area (Å²) < 4.78 is 39.6. The number of nitrogens with one attached hydrogen (secondary N) is 2. The number of piperazine rings is 1. The van der Waals surface area contributed by atoms with E-state index in [-0.39, 0.29) is 23.6 Å². The zero-order chi connectivity index (χ0) is 22.2. The fourth-order valence-electron chi connectivity index (χ4n) is 3.74. The number of likely N-dealkylation sites (N-methyl/N-ethyl adjacent to an activating group) is 1. The number of carbonyl (C=O) groups is 1. The third-order valence-corrected chi connectivity index (χ3v) is 5.44. The molecule has 0 unspecified atom stereocenters. The molecule has 31 heavy (non-hydrogen) atoms. The first kappa shape index (κ1) is 21.0. The molecule has 7 nitrogen and oxygen atoms in total. The third-order valence-electron chi connectivity index (χ3n) is 5.44. The largest absolute Gasteiger partial charge is 0.478 e. The Bertz CT molecular complexity index is 1100. The lowest BCUT2D eigenvalue weighted by Gasteiger charge is -2.34. The lowest BCUT2D eigenvalue weighted by molar-refractivity contribution is -0.138. The smallest absolute Gasteiger partial charge is 0.416 e. The number of carboxylic acid groups (broad SMARTS) is 1. The van der Waals surface area contributed by atoms with Gasteiger partial charge in [0.2, 0.25) is 5.95 Å². The van der Waals surface area contributed by atoms with Gasteiger partial charge in [-0.3, -0.25) is 0 Å². The number of nitrogens with zero attached hydrogens (tertiary/aromatic N) is 3. The number of anilines is 2. The number of benzene rings is 2. The van der Waals surface area contributed by atoms with Crippen LogP contribution in [0.2, 0.25) is 0 Å². The highest BCUT2D eigenvalue weighted by atomic mass is 19.4. The second-order valence-electron chi connectivity index (χ2n) is 7.58. The molecule has 0 radical (unpaired) electrons. The van der Waals surface area contributed by atoms with Crippen LogP contribution in [-0.2, 0) is 12.7 Å². The highest BCUT2D eigenvalue weighted by Crippen LogP contribution is 2.32. The van der Waals surface area contributed by atoms with Crippen LogP contribution >= 0.6 is 0 Å².